The molecule has 0 amide bonds. The first-order chi connectivity index (χ1) is 8.99. The summed E-state index contributed by atoms with van der Waals surface area (Å²) in [6.07, 6.45) is 1.25. The third-order valence-corrected chi connectivity index (χ3v) is 3.93. The first-order valence-corrected chi connectivity index (χ1v) is 6.65. The van der Waals surface area contributed by atoms with E-state index in [4.69, 9.17) is 0 Å². The van der Waals surface area contributed by atoms with Crippen LogP contribution in [0.2, 0.25) is 0 Å². The molecule has 0 saturated heterocycles. The van der Waals surface area contributed by atoms with Crippen LogP contribution in [-0.2, 0) is 0 Å². The van der Waals surface area contributed by atoms with Gasteiger partial charge in [0.1, 0.15) is 0 Å². The van der Waals surface area contributed by atoms with Crippen molar-refractivity contribution in [2.24, 2.45) is 0 Å². The van der Waals surface area contributed by atoms with Gasteiger partial charge in [-0.3, -0.25) is 9.59 Å². The number of carbonyl (C=O) groups excluding carboxylic acids is 2. The molecule has 0 fully saturated rings. The van der Waals surface area contributed by atoms with Crippen LogP contribution in [0.3, 0.4) is 0 Å². The maximum Gasteiger partial charge on any atom is 0.190 e. The number of Topliss-reactive ketones (excluding diaryl/α,β-unsaturated/α-hetero) is 2. The minimum absolute atomic E-state index is 0.0296. The second kappa shape index (κ2) is 4.14. The molecule has 0 spiro atoms. The zero-order chi connectivity index (χ0) is 13.6. The van der Waals surface area contributed by atoms with E-state index < -0.39 is 0 Å². The maximum absolute atomic E-state index is 12.6. The number of carbonyl (C=O) groups is 2. The smallest absolute Gasteiger partial charge is 0.190 e. The average molecular weight is 255 g/mol. The van der Waals surface area contributed by atoms with Crippen LogP contribution in [0.5, 0.6) is 0 Å². The van der Waals surface area contributed by atoms with Crippen LogP contribution in [0, 0.1) is 0 Å². The van der Waals surface area contributed by atoms with E-state index in [-0.39, 0.29) is 17.1 Å². The van der Waals surface area contributed by atoms with Gasteiger partial charge in [0, 0.05) is 27.8 Å². The molecular weight excluding hydrogens is 238 g/mol. The molecule has 1 N–H and O–H groups in total. The van der Waals surface area contributed by atoms with Crippen LogP contribution in [0.25, 0.3) is 0 Å². The zero-order valence-electron chi connectivity index (χ0n) is 11.2. The molecule has 3 nitrogen and oxygen atoms in total. The maximum atomic E-state index is 12.6. The molecule has 1 heterocycles. The number of fused-ring (bicyclic) bond motifs is 1. The van der Waals surface area contributed by atoms with Crippen LogP contribution < -0.4 is 5.32 Å². The van der Waals surface area contributed by atoms with Gasteiger partial charge in [0.05, 0.1) is 0 Å². The van der Waals surface area contributed by atoms with Crippen LogP contribution in [0.4, 0.5) is 0 Å². The fraction of sp³-hybridized carbons (Fsp3) is 0.375. The summed E-state index contributed by atoms with van der Waals surface area (Å²) in [6, 6.07) is 7.14. The molecule has 3 rings (SSSR count). The van der Waals surface area contributed by atoms with Gasteiger partial charge in [-0.2, -0.15) is 0 Å². The Bertz CT molecular complexity index is 611. The second-order valence-electron chi connectivity index (χ2n) is 5.90. The van der Waals surface area contributed by atoms with Gasteiger partial charge in [0.15, 0.2) is 11.6 Å². The van der Waals surface area contributed by atoms with Crippen LogP contribution >= 0.6 is 0 Å². The Morgan fingerprint density at radius 3 is 2.21 bits per heavy atom. The molecule has 1 aliphatic heterocycles. The normalized spacial score (nSPS) is 21.8. The second-order valence-corrected chi connectivity index (χ2v) is 5.90. The number of hydrogen-bond acceptors (Lipinski definition) is 3. The summed E-state index contributed by atoms with van der Waals surface area (Å²) in [5.74, 6) is 0.0617. The fourth-order valence-electron chi connectivity index (χ4n) is 2.96. The Morgan fingerprint density at radius 1 is 1.00 bits per heavy atom. The number of nitrogens with one attached hydrogen (secondary N) is 1. The lowest BCUT2D eigenvalue weighted by atomic mass is 9.79. The predicted molar refractivity (Wildman–Crippen MR) is 73.4 cm³/mol. The summed E-state index contributed by atoms with van der Waals surface area (Å²) < 4.78 is 0. The molecule has 0 unspecified atom stereocenters. The average Bonchev–Trinajstić information content (AvgIpc) is 2.54. The summed E-state index contributed by atoms with van der Waals surface area (Å²) in [5, 5.41) is 3.40. The van der Waals surface area contributed by atoms with Gasteiger partial charge in [-0.1, -0.05) is 24.3 Å². The molecule has 98 valence electrons. The lowest BCUT2D eigenvalue weighted by Gasteiger charge is -2.26. The van der Waals surface area contributed by atoms with E-state index in [1.165, 1.54) is 0 Å². The van der Waals surface area contributed by atoms with Crippen LogP contribution in [0.15, 0.2) is 35.4 Å². The van der Waals surface area contributed by atoms with Crippen molar-refractivity contribution in [3.63, 3.8) is 0 Å². The molecule has 0 atom stereocenters. The summed E-state index contributed by atoms with van der Waals surface area (Å²) in [5.41, 5.74) is 2.40. The van der Waals surface area contributed by atoms with Crippen molar-refractivity contribution in [1.82, 2.24) is 5.32 Å². The standard InChI is InChI=1S/C16H17NO2/c1-16(2)9-13-12(7-8-17-16)14(18)10-5-3-4-6-11(10)15(13)19/h3-6,17H,7-9H2,1-2H3. The van der Waals surface area contributed by atoms with Crippen LogP contribution in [-0.4, -0.2) is 23.7 Å². The summed E-state index contributed by atoms with van der Waals surface area (Å²) in [4.78, 5) is 25.1. The molecular formula is C16H17NO2. The van der Waals surface area contributed by atoms with E-state index in [1.54, 1.807) is 12.1 Å². The third kappa shape index (κ3) is 1.94. The number of ketones is 2. The first kappa shape index (κ1) is 12.3. The number of benzene rings is 1. The van der Waals surface area contributed by atoms with Gasteiger partial charge >= 0.3 is 0 Å². The highest BCUT2D eigenvalue weighted by molar-refractivity contribution is 6.27. The van der Waals surface area contributed by atoms with E-state index in [9.17, 15) is 9.59 Å². The summed E-state index contributed by atoms with van der Waals surface area (Å²) in [7, 11) is 0. The highest BCUT2D eigenvalue weighted by atomic mass is 16.1. The van der Waals surface area contributed by atoms with Crippen molar-refractivity contribution in [3.8, 4) is 0 Å². The highest BCUT2D eigenvalue weighted by Crippen LogP contribution is 2.34. The van der Waals surface area contributed by atoms with Gasteiger partial charge < -0.3 is 5.32 Å². The van der Waals surface area contributed by atoms with E-state index in [0.717, 1.165) is 6.54 Å². The van der Waals surface area contributed by atoms with E-state index in [1.807, 2.05) is 12.1 Å². The molecule has 1 aromatic carbocycles. The van der Waals surface area contributed by atoms with E-state index in [2.05, 4.69) is 19.2 Å². The molecule has 19 heavy (non-hydrogen) atoms. The number of hydrogen-bond donors (Lipinski definition) is 1. The van der Waals surface area contributed by atoms with Gasteiger partial charge in [0.25, 0.3) is 0 Å². The quantitative estimate of drug-likeness (QED) is 0.775. The molecule has 1 aliphatic carbocycles. The van der Waals surface area contributed by atoms with Crippen molar-refractivity contribution in [2.75, 3.05) is 6.54 Å². The molecule has 0 bridgehead atoms. The van der Waals surface area contributed by atoms with Crippen molar-refractivity contribution in [1.29, 1.82) is 0 Å². The summed E-state index contributed by atoms with van der Waals surface area (Å²) in [6.45, 7) is 4.88. The molecule has 1 aromatic rings. The Hall–Kier alpha value is -1.74. The topological polar surface area (TPSA) is 46.2 Å². The molecule has 3 heteroatoms. The van der Waals surface area contributed by atoms with Crippen molar-refractivity contribution < 1.29 is 9.59 Å². The Kier molecular flexibility index (Phi) is 2.68. The lowest BCUT2D eigenvalue weighted by molar-refractivity contribution is 0.0968. The van der Waals surface area contributed by atoms with Crippen molar-refractivity contribution in [2.45, 2.75) is 32.2 Å². The Balaban J connectivity index is 2.15. The lowest BCUT2D eigenvalue weighted by Crippen LogP contribution is -2.39. The fourth-order valence-corrected chi connectivity index (χ4v) is 2.96. The van der Waals surface area contributed by atoms with Crippen molar-refractivity contribution in [3.05, 3.63) is 46.5 Å². The largest absolute Gasteiger partial charge is 0.311 e. The Morgan fingerprint density at radius 2 is 1.58 bits per heavy atom. The predicted octanol–water partition coefficient (Wildman–Crippen LogP) is 2.52. The number of rotatable bonds is 0. The third-order valence-electron chi connectivity index (χ3n) is 3.93. The van der Waals surface area contributed by atoms with Gasteiger partial charge in [0.2, 0.25) is 0 Å². The monoisotopic (exact) mass is 255 g/mol. The van der Waals surface area contributed by atoms with Gasteiger partial charge in [-0.25, -0.2) is 0 Å². The summed E-state index contributed by atoms with van der Waals surface area (Å²) >= 11 is 0. The van der Waals surface area contributed by atoms with E-state index >= 15 is 0 Å². The van der Waals surface area contributed by atoms with Gasteiger partial charge in [-0.15, -0.1) is 0 Å². The van der Waals surface area contributed by atoms with E-state index in [0.29, 0.717) is 35.1 Å². The zero-order valence-corrected chi connectivity index (χ0v) is 11.2. The van der Waals surface area contributed by atoms with Crippen molar-refractivity contribution >= 4 is 11.6 Å². The molecule has 2 aliphatic rings. The molecule has 0 aromatic heterocycles. The SMILES string of the molecule is CC1(C)CC2=C(CCN1)C(=O)c1ccccc1C2=O. The highest BCUT2D eigenvalue weighted by Gasteiger charge is 2.36. The first-order valence-electron chi connectivity index (χ1n) is 6.65. The van der Waals surface area contributed by atoms with Crippen LogP contribution in [0.1, 0.15) is 47.4 Å². The van der Waals surface area contributed by atoms with Gasteiger partial charge in [-0.05, 0) is 33.2 Å². The molecule has 0 saturated carbocycles. The minimum Gasteiger partial charge on any atom is -0.311 e. The minimum atomic E-state index is -0.140. The Labute approximate surface area is 112 Å². The molecule has 0 radical (unpaired) electrons.